The van der Waals surface area contributed by atoms with E-state index in [1.807, 2.05) is 42.2 Å². The minimum Gasteiger partial charge on any atom is -0.370 e. The van der Waals surface area contributed by atoms with E-state index in [4.69, 9.17) is 4.74 Å². The molecule has 0 bridgehead atoms. The molecule has 2 aromatic carbocycles. The first-order chi connectivity index (χ1) is 15.0. The molecule has 2 aliphatic rings. The first-order valence-corrected chi connectivity index (χ1v) is 11.0. The van der Waals surface area contributed by atoms with Gasteiger partial charge in [-0.05, 0) is 50.3 Å². The summed E-state index contributed by atoms with van der Waals surface area (Å²) in [4.78, 5) is 27.1. The number of nitrogens with one attached hydrogen (secondary N) is 1. The van der Waals surface area contributed by atoms with Crippen LogP contribution in [0.15, 0.2) is 54.6 Å². The molecule has 2 amide bonds. The van der Waals surface area contributed by atoms with Gasteiger partial charge in [-0.2, -0.15) is 0 Å². The van der Waals surface area contributed by atoms with Crippen molar-refractivity contribution < 1.29 is 18.7 Å². The van der Waals surface area contributed by atoms with Crippen LogP contribution in [0.5, 0.6) is 0 Å². The van der Waals surface area contributed by atoms with Gasteiger partial charge in [-0.3, -0.25) is 9.59 Å². The van der Waals surface area contributed by atoms with E-state index in [0.29, 0.717) is 19.6 Å². The molecule has 164 valence electrons. The van der Waals surface area contributed by atoms with Crippen LogP contribution in [0.2, 0.25) is 0 Å². The van der Waals surface area contributed by atoms with Gasteiger partial charge in [0.1, 0.15) is 5.82 Å². The zero-order chi connectivity index (χ0) is 21.8. The van der Waals surface area contributed by atoms with Gasteiger partial charge in [-0.1, -0.05) is 42.5 Å². The van der Waals surface area contributed by atoms with Crippen molar-refractivity contribution in [1.82, 2.24) is 10.2 Å². The summed E-state index contributed by atoms with van der Waals surface area (Å²) in [5.74, 6) is -0.933. The summed E-state index contributed by atoms with van der Waals surface area (Å²) in [5, 5.41) is 2.80. The van der Waals surface area contributed by atoms with Gasteiger partial charge in [0, 0.05) is 19.6 Å². The van der Waals surface area contributed by atoms with Crippen LogP contribution in [0.25, 0.3) is 0 Å². The maximum absolute atomic E-state index is 13.8. The fourth-order valence-electron chi connectivity index (χ4n) is 4.65. The molecule has 4 rings (SSSR count). The fraction of sp³-hybridized carbons (Fsp3) is 0.440. The standard InChI is InChI=1S/C25H29FN2O3/c1-18(19-7-3-2-4-8-19)24(30)28-15-13-25(14-16-28)12-11-20(31-25)17-27-23(29)21-9-5-6-10-22(21)26/h2-10,18,20H,11-17H2,1H3,(H,27,29)/t18-,20-/m0/s1. The van der Waals surface area contributed by atoms with Gasteiger partial charge in [0.15, 0.2) is 0 Å². The number of likely N-dealkylation sites (tertiary alicyclic amines) is 1. The normalized spacial score (nSPS) is 21.1. The van der Waals surface area contributed by atoms with Gasteiger partial charge in [0.05, 0.1) is 23.2 Å². The van der Waals surface area contributed by atoms with E-state index < -0.39 is 11.7 Å². The van der Waals surface area contributed by atoms with Crippen molar-refractivity contribution in [1.29, 1.82) is 0 Å². The summed E-state index contributed by atoms with van der Waals surface area (Å²) in [6.45, 7) is 3.69. The summed E-state index contributed by atoms with van der Waals surface area (Å²) in [6.07, 6.45) is 3.30. The average Bonchev–Trinajstić information content (AvgIpc) is 3.20. The third kappa shape index (κ3) is 4.79. The molecular weight excluding hydrogens is 395 g/mol. The van der Waals surface area contributed by atoms with Crippen LogP contribution >= 0.6 is 0 Å². The van der Waals surface area contributed by atoms with Crippen molar-refractivity contribution in [2.75, 3.05) is 19.6 Å². The van der Waals surface area contributed by atoms with E-state index in [1.54, 1.807) is 12.1 Å². The highest BCUT2D eigenvalue weighted by atomic mass is 19.1. The van der Waals surface area contributed by atoms with Gasteiger partial charge in [-0.15, -0.1) is 0 Å². The molecule has 0 unspecified atom stereocenters. The van der Waals surface area contributed by atoms with Crippen LogP contribution in [-0.4, -0.2) is 48.1 Å². The Kier molecular flexibility index (Phi) is 6.37. The second-order valence-corrected chi connectivity index (χ2v) is 8.61. The molecule has 2 heterocycles. The maximum Gasteiger partial charge on any atom is 0.254 e. The third-order valence-corrected chi connectivity index (χ3v) is 6.60. The number of nitrogens with zero attached hydrogens (tertiary/aromatic N) is 1. The first kappa shape index (κ1) is 21.5. The second-order valence-electron chi connectivity index (χ2n) is 8.61. The summed E-state index contributed by atoms with van der Waals surface area (Å²) in [7, 11) is 0. The number of halogens is 1. The molecule has 1 N–H and O–H groups in total. The van der Waals surface area contributed by atoms with Crippen molar-refractivity contribution in [3.8, 4) is 0 Å². The summed E-state index contributed by atoms with van der Waals surface area (Å²) < 4.78 is 20.1. The summed E-state index contributed by atoms with van der Waals surface area (Å²) >= 11 is 0. The van der Waals surface area contributed by atoms with Crippen LogP contribution in [0.4, 0.5) is 4.39 Å². The van der Waals surface area contributed by atoms with E-state index >= 15 is 0 Å². The summed E-state index contributed by atoms with van der Waals surface area (Å²) in [5.41, 5.74) is 0.866. The molecule has 5 nitrogen and oxygen atoms in total. The predicted octanol–water partition coefficient (Wildman–Crippen LogP) is 3.90. The first-order valence-electron chi connectivity index (χ1n) is 11.0. The van der Waals surface area contributed by atoms with Gasteiger partial charge >= 0.3 is 0 Å². The average molecular weight is 425 g/mol. The highest BCUT2D eigenvalue weighted by Gasteiger charge is 2.43. The van der Waals surface area contributed by atoms with E-state index in [2.05, 4.69) is 5.32 Å². The van der Waals surface area contributed by atoms with Crippen LogP contribution < -0.4 is 5.32 Å². The van der Waals surface area contributed by atoms with Crippen molar-refractivity contribution in [3.63, 3.8) is 0 Å². The van der Waals surface area contributed by atoms with Crippen molar-refractivity contribution in [2.45, 2.75) is 50.2 Å². The molecule has 0 radical (unpaired) electrons. The lowest BCUT2D eigenvalue weighted by Gasteiger charge is -2.40. The summed E-state index contributed by atoms with van der Waals surface area (Å²) in [6, 6.07) is 15.8. The van der Waals surface area contributed by atoms with Crippen LogP contribution in [0.3, 0.4) is 0 Å². The van der Waals surface area contributed by atoms with Crippen molar-refractivity contribution in [3.05, 3.63) is 71.5 Å². The zero-order valence-electron chi connectivity index (χ0n) is 17.9. The Morgan fingerprint density at radius 2 is 1.77 bits per heavy atom. The fourth-order valence-corrected chi connectivity index (χ4v) is 4.65. The number of amides is 2. The number of hydrogen-bond acceptors (Lipinski definition) is 3. The Morgan fingerprint density at radius 1 is 1.10 bits per heavy atom. The van der Waals surface area contributed by atoms with Gasteiger partial charge in [0.25, 0.3) is 5.91 Å². The molecule has 2 aromatic rings. The molecule has 2 aliphatic heterocycles. The van der Waals surface area contributed by atoms with Crippen molar-refractivity contribution in [2.24, 2.45) is 0 Å². The number of rotatable bonds is 5. The Labute approximate surface area is 182 Å². The molecule has 1 spiro atoms. The number of ether oxygens (including phenoxy) is 1. The largest absolute Gasteiger partial charge is 0.370 e. The number of carbonyl (C=O) groups is 2. The molecule has 0 saturated carbocycles. The van der Waals surface area contributed by atoms with Gasteiger partial charge in [-0.25, -0.2) is 4.39 Å². The predicted molar refractivity (Wildman–Crippen MR) is 116 cm³/mol. The molecule has 2 saturated heterocycles. The Morgan fingerprint density at radius 3 is 2.48 bits per heavy atom. The minimum atomic E-state index is -0.523. The SMILES string of the molecule is C[C@H](C(=O)N1CCC2(CC[C@@H](CNC(=O)c3ccccc3F)O2)CC1)c1ccccc1. The molecular formula is C25H29FN2O3. The lowest BCUT2D eigenvalue weighted by molar-refractivity contribution is -0.138. The van der Waals surface area contributed by atoms with Crippen LogP contribution in [0, 0.1) is 5.82 Å². The molecule has 2 fully saturated rings. The number of benzene rings is 2. The Hall–Kier alpha value is -2.73. The lowest BCUT2D eigenvalue weighted by atomic mass is 9.87. The molecule has 0 aliphatic carbocycles. The van der Waals surface area contributed by atoms with E-state index in [0.717, 1.165) is 31.2 Å². The van der Waals surface area contributed by atoms with E-state index in [9.17, 15) is 14.0 Å². The number of carbonyl (C=O) groups excluding carboxylic acids is 2. The number of piperidine rings is 1. The molecule has 6 heteroatoms. The minimum absolute atomic E-state index is 0.0505. The van der Waals surface area contributed by atoms with E-state index in [1.165, 1.54) is 12.1 Å². The van der Waals surface area contributed by atoms with Gasteiger partial charge in [0.2, 0.25) is 5.91 Å². The topological polar surface area (TPSA) is 58.6 Å². The van der Waals surface area contributed by atoms with Gasteiger partial charge < -0.3 is 15.0 Å². The highest BCUT2D eigenvalue weighted by Crippen LogP contribution is 2.39. The Balaban J connectivity index is 1.26. The smallest absolute Gasteiger partial charge is 0.254 e. The van der Waals surface area contributed by atoms with Crippen LogP contribution in [-0.2, 0) is 9.53 Å². The zero-order valence-corrected chi connectivity index (χ0v) is 17.9. The monoisotopic (exact) mass is 424 g/mol. The van der Waals surface area contributed by atoms with Crippen LogP contribution in [0.1, 0.15) is 54.4 Å². The highest BCUT2D eigenvalue weighted by molar-refractivity contribution is 5.94. The lowest BCUT2D eigenvalue weighted by Crippen LogP contribution is -2.48. The third-order valence-electron chi connectivity index (χ3n) is 6.60. The Bertz CT molecular complexity index is 925. The maximum atomic E-state index is 13.8. The second kappa shape index (κ2) is 9.18. The molecule has 31 heavy (non-hydrogen) atoms. The molecule has 2 atom stereocenters. The van der Waals surface area contributed by atoms with Crippen molar-refractivity contribution >= 4 is 11.8 Å². The molecule has 0 aromatic heterocycles. The van der Waals surface area contributed by atoms with E-state index in [-0.39, 0.29) is 29.1 Å². The quantitative estimate of drug-likeness (QED) is 0.792. The number of hydrogen-bond donors (Lipinski definition) is 1.